The van der Waals surface area contributed by atoms with Crippen LogP contribution in [0.2, 0.25) is 0 Å². The Balaban J connectivity index is 3.19. The van der Waals surface area contributed by atoms with E-state index < -0.39 is 0 Å². The van der Waals surface area contributed by atoms with Crippen molar-refractivity contribution >= 4 is 12.1 Å². The molecule has 0 aliphatic rings. The van der Waals surface area contributed by atoms with E-state index in [0.29, 0.717) is 12.7 Å². The van der Waals surface area contributed by atoms with E-state index in [9.17, 15) is 9.59 Å². The summed E-state index contributed by atoms with van der Waals surface area (Å²) in [5, 5.41) is 0. The quantitative estimate of drug-likeness (QED) is 0.253. The lowest BCUT2D eigenvalue weighted by atomic mass is 10.1. The van der Waals surface area contributed by atoms with E-state index in [0.717, 1.165) is 19.3 Å². The van der Waals surface area contributed by atoms with Crippen LogP contribution in [0.15, 0.2) is 12.2 Å². The third-order valence-corrected chi connectivity index (χ3v) is 1.62. The van der Waals surface area contributed by atoms with Gasteiger partial charge in [-0.1, -0.05) is 12.2 Å². The number of Topliss-reactive ketones (excluding diaryl/α,β-unsaturated/α-hetero) is 1. The van der Waals surface area contributed by atoms with Gasteiger partial charge in [-0.15, -0.1) is 0 Å². The molecule has 0 heterocycles. The van der Waals surface area contributed by atoms with Crippen LogP contribution in [0.3, 0.4) is 0 Å². The molecular formula is C10H16O2. The summed E-state index contributed by atoms with van der Waals surface area (Å²) in [4.78, 5) is 20.7. The van der Waals surface area contributed by atoms with Gasteiger partial charge in [-0.3, -0.25) is 4.79 Å². The van der Waals surface area contributed by atoms with Gasteiger partial charge in [0.05, 0.1) is 6.42 Å². The van der Waals surface area contributed by atoms with Crippen LogP contribution in [0, 0.1) is 0 Å². The lowest BCUT2D eigenvalue weighted by Crippen LogP contribution is -1.97. The molecule has 2 heteroatoms. The molecule has 12 heavy (non-hydrogen) atoms. The first kappa shape index (κ1) is 11.1. The summed E-state index contributed by atoms with van der Waals surface area (Å²) in [7, 11) is 0. The first-order valence-electron chi connectivity index (χ1n) is 4.37. The third kappa shape index (κ3) is 7.19. The van der Waals surface area contributed by atoms with Crippen LogP contribution >= 0.6 is 0 Å². The van der Waals surface area contributed by atoms with Gasteiger partial charge in [0.2, 0.25) is 0 Å². The molecule has 0 unspecified atom stereocenters. The zero-order valence-corrected chi connectivity index (χ0v) is 7.58. The van der Waals surface area contributed by atoms with Gasteiger partial charge in [0.1, 0.15) is 12.1 Å². The van der Waals surface area contributed by atoms with Crippen LogP contribution in [0.5, 0.6) is 0 Å². The molecular weight excluding hydrogens is 152 g/mol. The highest BCUT2D eigenvalue weighted by atomic mass is 16.1. The van der Waals surface area contributed by atoms with Crippen molar-refractivity contribution in [1.82, 2.24) is 0 Å². The number of aldehydes is 1. The number of hydrogen-bond acceptors (Lipinski definition) is 2. The molecule has 0 spiro atoms. The van der Waals surface area contributed by atoms with Gasteiger partial charge in [0, 0.05) is 6.42 Å². The monoisotopic (exact) mass is 168 g/mol. The maximum atomic E-state index is 10.8. The Bertz CT molecular complexity index is 159. The van der Waals surface area contributed by atoms with Crippen LogP contribution in [0.4, 0.5) is 0 Å². The van der Waals surface area contributed by atoms with E-state index in [4.69, 9.17) is 0 Å². The molecule has 0 aromatic heterocycles. The molecule has 0 aliphatic carbocycles. The standard InChI is InChI=1S/C10H16O2/c1-2-3-4-5-6-7-10(12)8-9-11/h2-3,9H,4-8H2,1H3. The molecule has 2 nitrogen and oxygen atoms in total. The molecule has 0 bridgehead atoms. The zero-order chi connectivity index (χ0) is 9.23. The summed E-state index contributed by atoms with van der Waals surface area (Å²) in [5.74, 6) is 0.0606. The number of unbranched alkanes of at least 4 members (excludes halogenated alkanes) is 2. The lowest BCUT2D eigenvalue weighted by Gasteiger charge is -1.94. The van der Waals surface area contributed by atoms with E-state index >= 15 is 0 Å². The molecule has 0 N–H and O–H groups in total. The van der Waals surface area contributed by atoms with Gasteiger partial charge < -0.3 is 4.79 Å². The van der Waals surface area contributed by atoms with Crippen LogP contribution in [0.25, 0.3) is 0 Å². The Morgan fingerprint density at radius 3 is 2.67 bits per heavy atom. The van der Waals surface area contributed by atoms with Gasteiger partial charge in [0.25, 0.3) is 0 Å². The summed E-state index contributed by atoms with van der Waals surface area (Å²) in [6.45, 7) is 1.98. The van der Waals surface area contributed by atoms with Crippen molar-refractivity contribution in [3.05, 3.63) is 12.2 Å². The lowest BCUT2D eigenvalue weighted by molar-refractivity contribution is -0.122. The highest BCUT2D eigenvalue weighted by molar-refractivity contribution is 5.89. The van der Waals surface area contributed by atoms with Crippen LogP contribution in [-0.4, -0.2) is 12.1 Å². The van der Waals surface area contributed by atoms with Gasteiger partial charge in [0.15, 0.2) is 0 Å². The fraction of sp³-hybridized carbons (Fsp3) is 0.600. The second kappa shape index (κ2) is 8.18. The molecule has 0 saturated carbocycles. The van der Waals surface area contributed by atoms with Crippen LogP contribution < -0.4 is 0 Å². The van der Waals surface area contributed by atoms with E-state index in [1.807, 2.05) is 13.0 Å². The normalized spacial score (nSPS) is 10.4. The molecule has 68 valence electrons. The molecule has 0 saturated heterocycles. The Hall–Kier alpha value is -0.920. The smallest absolute Gasteiger partial charge is 0.139 e. The molecule has 0 rings (SSSR count). The number of hydrogen-bond donors (Lipinski definition) is 0. The van der Waals surface area contributed by atoms with E-state index in [1.54, 1.807) is 0 Å². The van der Waals surface area contributed by atoms with E-state index in [2.05, 4.69) is 6.08 Å². The summed E-state index contributed by atoms with van der Waals surface area (Å²) >= 11 is 0. The second-order valence-corrected chi connectivity index (χ2v) is 2.72. The number of ketones is 1. The first-order chi connectivity index (χ1) is 5.81. The third-order valence-electron chi connectivity index (χ3n) is 1.62. The van der Waals surface area contributed by atoms with Crippen molar-refractivity contribution in [3.63, 3.8) is 0 Å². The summed E-state index contributed by atoms with van der Waals surface area (Å²) in [6, 6.07) is 0. The minimum absolute atomic E-state index is 0.0606. The first-order valence-corrected chi connectivity index (χ1v) is 4.37. The summed E-state index contributed by atoms with van der Waals surface area (Å²) in [6.07, 6.45) is 8.38. The Labute approximate surface area is 73.7 Å². The molecule has 0 amide bonds. The Morgan fingerprint density at radius 1 is 1.33 bits per heavy atom. The molecule has 0 aliphatic heterocycles. The number of allylic oxidation sites excluding steroid dienone is 2. The van der Waals surface area contributed by atoms with Crippen LogP contribution in [-0.2, 0) is 9.59 Å². The number of rotatable bonds is 7. The zero-order valence-electron chi connectivity index (χ0n) is 7.58. The van der Waals surface area contributed by atoms with Crippen molar-refractivity contribution in [1.29, 1.82) is 0 Å². The second-order valence-electron chi connectivity index (χ2n) is 2.72. The fourth-order valence-corrected chi connectivity index (χ4v) is 0.946. The van der Waals surface area contributed by atoms with Crippen molar-refractivity contribution in [3.8, 4) is 0 Å². The predicted molar refractivity (Wildman–Crippen MR) is 49.0 cm³/mol. The van der Waals surface area contributed by atoms with E-state index in [1.165, 1.54) is 0 Å². The largest absolute Gasteiger partial charge is 0.303 e. The topological polar surface area (TPSA) is 34.1 Å². The molecule has 0 radical (unpaired) electrons. The Kier molecular flexibility index (Phi) is 7.55. The maximum absolute atomic E-state index is 10.8. The van der Waals surface area contributed by atoms with Gasteiger partial charge in [-0.2, -0.15) is 0 Å². The Morgan fingerprint density at radius 2 is 2.08 bits per heavy atom. The molecule has 0 atom stereocenters. The maximum Gasteiger partial charge on any atom is 0.139 e. The highest BCUT2D eigenvalue weighted by Gasteiger charge is 1.98. The van der Waals surface area contributed by atoms with Gasteiger partial charge in [-0.05, 0) is 26.2 Å². The van der Waals surface area contributed by atoms with Crippen molar-refractivity contribution < 1.29 is 9.59 Å². The van der Waals surface area contributed by atoms with Gasteiger partial charge in [-0.25, -0.2) is 0 Å². The van der Waals surface area contributed by atoms with Crippen LogP contribution in [0.1, 0.15) is 39.0 Å². The minimum atomic E-state index is 0.0606. The SMILES string of the molecule is CC=CCCCCC(=O)CC=O. The molecule has 0 aromatic carbocycles. The molecule has 0 fully saturated rings. The van der Waals surface area contributed by atoms with Gasteiger partial charge >= 0.3 is 0 Å². The highest BCUT2D eigenvalue weighted by Crippen LogP contribution is 2.02. The molecule has 0 aromatic rings. The minimum Gasteiger partial charge on any atom is -0.303 e. The fourth-order valence-electron chi connectivity index (χ4n) is 0.946. The summed E-state index contributed by atoms with van der Waals surface area (Å²) < 4.78 is 0. The van der Waals surface area contributed by atoms with E-state index in [-0.39, 0.29) is 12.2 Å². The summed E-state index contributed by atoms with van der Waals surface area (Å²) in [5.41, 5.74) is 0. The van der Waals surface area contributed by atoms with Crippen molar-refractivity contribution in [2.24, 2.45) is 0 Å². The van der Waals surface area contributed by atoms with Crippen molar-refractivity contribution in [2.45, 2.75) is 39.0 Å². The average molecular weight is 168 g/mol. The average Bonchev–Trinajstić information content (AvgIpc) is 2.05. The number of carbonyl (C=O) groups excluding carboxylic acids is 2. The predicted octanol–water partition coefficient (Wildman–Crippen LogP) is 2.28. The number of carbonyl (C=O) groups is 2. The van der Waals surface area contributed by atoms with Crippen molar-refractivity contribution in [2.75, 3.05) is 0 Å².